The molecule has 4 aromatic carbocycles. The molecule has 0 saturated carbocycles. The van der Waals surface area contributed by atoms with Gasteiger partial charge in [-0.05, 0) is 70.8 Å². The maximum Gasteiger partial charge on any atom is 0.364 e. The highest BCUT2D eigenvalue weighted by molar-refractivity contribution is 5.88. The quantitative estimate of drug-likeness (QED) is 0.411. The molecule has 5 rings (SSSR count). The zero-order valence-electron chi connectivity index (χ0n) is 17.8. The van der Waals surface area contributed by atoms with E-state index in [0.717, 1.165) is 44.5 Å². The molecule has 0 radical (unpaired) electrons. The van der Waals surface area contributed by atoms with Crippen LogP contribution in [-0.2, 0) is 13.7 Å². The van der Waals surface area contributed by atoms with Gasteiger partial charge in [-0.15, -0.1) is 0 Å². The average Bonchev–Trinajstić information content (AvgIpc) is 2.81. The topological polar surface area (TPSA) is 52.0 Å². The fraction of sp³-hybridized carbons (Fsp3) is 0.115. The van der Waals surface area contributed by atoms with Crippen molar-refractivity contribution < 1.29 is 9.13 Å². The number of aryl methyl sites for hydroxylation is 2. The zero-order chi connectivity index (χ0) is 22.2. The van der Waals surface area contributed by atoms with E-state index in [2.05, 4.69) is 11.3 Å². The first kappa shape index (κ1) is 19.9. The maximum atomic E-state index is 13.2. The van der Waals surface area contributed by atoms with Crippen molar-refractivity contribution in [3.63, 3.8) is 0 Å². The molecule has 0 spiro atoms. The van der Waals surface area contributed by atoms with Gasteiger partial charge in [-0.3, -0.25) is 0 Å². The fourth-order valence-corrected chi connectivity index (χ4v) is 3.87. The Morgan fingerprint density at radius 3 is 2.38 bits per heavy atom. The molecule has 0 saturated heterocycles. The highest BCUT2D eigenvalue weighted by Gasteiger charge is 2.14. The largest absolute Gasteiger partial charge is 0.489 e. The first-order chi connectivity index (χ1) is 15.5. The summed E-state index contributed by atoms with van der Waals surface area (Å²) in [4.78, 5) is 12.1. The molecule has 160 valence electrons. The lowest BCUT2D eigenvalue weighted by Crippen LogP contribution is -2.40. The van der Waals surface area contributed by atoms with Gasteiger partial charge < -0.3 is 4.74 Å². The molecule has 0 amide bonds. The van der Waals surface area contributed by atoms with Gasteiger partial charge in [-0.1, -0.05) is 42.5 Å². The molecule has 5 nitrogen and oxygen atoms in total. The van der Waals surface area contributed by atoms with E-state index in [9.17, 15) is 9.18 Å². The first-order valence-corrected chi connectivity index (χ1v) is 10.3. The average molecular weight is 427 g/mol. The summed E-state index contributed by atoms with van der Waals surface area (Å²) in [5.74, 6) is 0.510. The van der Waals surface area contributed by atoms with Crippen LogP contribution in [0.15, 0.2) is 83.7 Å². The standard InChI is InChI=1S/C26H22FN3O2/c1-17-4-3-5-25(30-26(31)29(2)28-30)24(17)16-32-23-13-10-20-14-19(6-7-21(20)15-23)18-8-11-22(27)12-9-18/h3-15,28H,16H2,1-2H3. The summed E-state index contributed by atoms with van der Waals surface area (Å²) in [7, 11) is 1.68. The normalized spacial score (nSPS) is 11.2. The van der Waals surface area contributed by atoms with E-state index >= 15 is 0 Å². The van der Waals surface area contributed by atoms with Gasteiger partial charge in [0.05, 0.1) is 5.69 Å². The first-order valence-electron chi connectivity index (χ1n) is 10.3. The molecular formula is C26H22FN3O2. The maximum absolute atomic E-state index is 13.2. The van der Waals surface area contributed by atoms with Gasteiger partial charge in [0.15, 0.2) is 0 Å². The van der Waals surface area contributed by atoms with Crippen molar-refractivity contribution in [2.24, 2.45) is 7.05 Å². The molecule has 5 aromatic rings. The van der Waals surface area contributed by atoms with Gasteiger partial charge in [0, 0.05) is 12.6 Å². The molecule has 0 aliphatic carbocycles. The molecule has 0 bridgehead atoms. The Balaban J connectivity index is 1.40. The SMILES string of the molecule is Cc1cccc(-n2[nH]n(C)c2=O)c1COc1ccc2cc(-c3ccc(F)cc3)ccc2c1. The number of benzene rings is 4. The number of nitrogens with zero attached hydrogens (tertiary/aromatic N) is 2. The Labute approximate surface area is 184 Å². The summed E-state index contributed by atoms with van der Waals surface area (Å²) >= 11 is 0. The van der Waals surface area contributed by atoms with Gasteiger partial charge in [0.2, 0.25) is 0 Å². The van der Waals surface area contributed by atoms with Crippen LogP contribution in [-0.4, -0.2) is 14.6 Å². The van der Waals surface area contributed by atoms with Crippen LogP contribution in [0.2, 0.25) is 0 Å². The number of nitrogens with one attached hydrogen (secondary N) is 1. The van der Waals surface area contributed by atoms with Crippen molar-refractivity contribution in [2.75, 3.05) is 0 Å². The molecule has 32 heavy (non-hydrogen) atoms. The van der Waals surface area contributed by atoms with Crippen molar-refractivity contribution in [2.45, 2.75) is 13.5 Å². The van der Waals surface area contributed by atoms with Crippen LogP contribution in [0, 0.1) is 12.7 Å². The Kier molecular flexibility index (Phi) is 4.90. The summed E-state index contributed by atoms with van der Waals surface area (Å²) in [6.45, 7) is 2.35. The molecule has 0 atom stereocenters. The van der Waals surface area contributed by atoms with Gasteiger partial charge in [0.1, 0.15) is 18.2 Å². The Morgan fingerprint density at radius 1 is 0.906 bits per heavy atom. The van der Waals surface area contributed by atoms with E-state index < -0.39 is 0 Å². The molecule has 0 aliphatic rings. The summed E-state index contributed by atoms with van der Waals surface area (Å²) in [5.41, 5.74) is 4.69. The molecular weight excluding hydrogens is 405 g/mol. The van der Waals surface area contributed by atoms with Gasteiger partial charge >= 0.3 is 5.69 Å². The lowest BCUT2D eigenvalue weighted by atomic mass is 10.0. The van der Waals surface area contributed by atoms with Crippen LogP contribution in [0.5, 0.6) is 5.75 Å². The molecule has 0 aliphatic heterocycles. The number of halogens is 1. The number of fused-ring (bicyclic) bond motifs is 1. The monoisotopic (exact) mass is 427 g/mol. The summed E-state index contributed by atoms with van der Waals surface area (Å²) in [6.07, 6.45) is 0. The molecule has 1 heterocycles. The minimum absolute atomic E-state index is 0.112. The third kappa shape index (κ3) is 3.60. The Hall–Kier alpha value is -4.06. The van der Waals surface area contributed by atoms with Crippen molar-refractivity contribution >= 4 is 10.8 Å². The van der Waals surface area contributed by atoms with Gasteiger partial charge in [0.25, 0.3) is 0 Å². The summed E-state index contributed by atoms with van der Waals surface area (Å²) < 4.78 is 22.3. The Morgan fingerprint density at radius 2 is 1.62 bits per heavy atom. The second-order valence-electron chi connectivity index (χ2n) is 7.87. The second-order valence-corrected chi connectivity index (χ2v) is 7.87. The fourth-order valence-electron chi connectivity index (χ4n) is 3.87. The van der Waals surface area contributed by atoms with Crippen molar-refractivity contribution in [1.29, 1.82) is 0 Å². The van der Waals surface area contributed by atoms with Crippen LogP contribution >= 0.6 is 0 Å². The van der Waals surface area contributed by atoms with Crippen molar-refractivity contribution in [3.8, 4) is 22.6 Å². The van der Waals surface area contributed by atoms with E-state index in [0.29, 0.717) is 6.61 Å². The smallest absolute Gasteiger partial charge is 0.364 e. The third-order valence-electron chi connectivity index (χ3n) is 5.73. The second kappa shape index (κ2) is 7.89. The lowest BCUT2D eigenvalue weighted by Gasteiger charge is -2.18. The number of hydrogen-bond donors (Lipinski definition) is 1. The number of H-pyrrole nitrogens is 1. The van der Waals surface area contributed by atoms with Crippen LogP contribution < -0.4 is 10.4 Å². The highest BCUT2D eigenvalue weighted by Crippen LogP contribution is 2.28. The lowest BCUT2D eigenvalue weighted by molar-refractivity contribution is 0.304. The van der Waals surface area contributed by atoms with Crippen LogP contribution in [0.25, 0.3) is 27.6 Å². The minimum Gasteiger partial charge on any atom is -0.489 e. The molecule has 0 fully saturated rings. The molecule has 6 heteroatoms. The number of ether oxygens (including phenoxy) is 1. The molecule has 1 aromatic heterocycles. The third-order valence-corrected chi connectivity index (χ3v) is 5.73. The summed E-state index contributed by atoms with van der Waals surface area (Å²) in [6, 6.07) is 24.5. The predicted octanol–water partition coefficient (Wildman–Crippen LogP) is 5.35. The number of aromatic amines is 1. The Bertz CT molecular complexity index is 1480. The van der Waals surface area contributed by atoms with Crippen molar-refractivity contribution in [3.05, 3.63) is 106 Å². The summed E-state index contributed by atoms with van der Waals surface area (Å²) in [5, 5.41) is 5.09. The van der Waals surface area contributed by atoms with E-state index in [-0.39, 0.29) is 11.5 Å². The highest BCUT2D eigenvalue weighted by atomic mass is 19.1. The van der Waals surface area contributed by atoms with Crippen molar-refractivity contribution in [1.82, 2.24) is 14.6 Å². The van der Waals surface area contributed by atoms with E-state index in [1.807, 2.05) is 55.5 Å². The molecule has 0 unspecified atom stereocenters. The van der Waals surface area contributed by atoms with Crippen LogP contribution in [0.3, 0.4) is 0 Å². The van der Waals surface area contributed by atoms with Crippen LogP contribution in [0.4, 0.5) is 4.39 Å². The number of hydrogen-bond acceptors (Lipinski definition) is 2. The van der Waals surface area contributed by atoms with Gasteiger partial charge in [-0.2, -0.15) is 4.68 Å². The zero-order valence-corrected chi connectivity index (χ0v) is 17.8. The van der Waals surface area contributed by atoms with E-state index in [4.69, 9.17) is 4.74 Å². The van der Waals surface area contributed by atoms with E-state index in [1.54, 1.807) is 19.2 Å². The molecule has 1 N–H and O–H groups in total. The van der Waals surface area contributed by atoms with E-state index in [1.165, 1.54) is 21.5 Å². The predicted molar refractivity (Wildman–Crippen MR) is 124 cm³/mol. The minimum atomic E-state index is -0.241. The van der Waals surface area contributed by atoms with Crippen LogP contribution in [0.1, 0.15) is 11.1 Å². The number of rotatable bonds is 5. The number of aromatic nitrogens is 3. The van der Waals surface area contributed by atoms with Gasteiger partial charge in [-0.25, -0.2) is 19.1 Å².